The molecule has 1 aromatic heterocycles. The molecule has 0 radical (unpaired) electrons. The van der Waals surface area contributed by atoms with Gasteiger partial charge in [-0.05, 0) is 38.3 Å². The number of carbonyl (C=O) groups is 2. The van der Waals surface area contributed by atoms with E-state index in [9.17, 15) is 9.59 Å². The highest BCUT2D eigenvalue weighted by Gasteiger charge is 2.31. The number of ether oxygens (including phenoxy) is 1. The molecule has 0 aromatic carbocycles. The molecule has 19 heavy (non-hydrogen) atoms. The van der Waals surface area contributed by atoms with Crippen LogP contribution in [0.15, 0.2) is 17.5 Å². The Morgan fingerprint density at radius 3 is 2.63 bits per heavy atom. The van der Waals surface area contributed by atoms with Gasteiger partial charge in [0.1, 0.15) is 12.1 Å². The summed E-state index contributed by atoms with van der Waals surface area (Å²) in [5, 5.41) is 2.86. The minimum absolute atomic E-state index is 0.0699. The maximum atomic E-state index is 12.1. The summed E-state index contributed by atoms with van der Waals surface area (Å²) in [7, 11) is 0. The lowest BCUT2D eigenvalue weighted by molar-refractivity contribution is -0.121. The third kappa shape index (κ3) is 3.47. The molecule has 0 unspecified atom stereocenters. The minimum Gasteiger partial charge on any atom is -0.444 e. The molecule has 104 valence electrons. The van der Waals surface area contributed by atoms with Crippen molar-refractivity contribution in [2.75, 3.05) is 24.5 Å². The molecule has 2 heterocycles. The summed E-state index contributed by atoms with van der Waals surface area (Å²) < 4.78 is 5.27. The van der Waals surface area contributed by atoms with Gasteiger partial charge in [-0.15, -0.1) is 11.3 Å². The highest BCUT2D eigenvalue weighted by molar-refractivity contribution is 7.14. The maximum absolute atomic E-state index is 12.1. The van der Waals surface area contributed by atoms with Gasteiger partial charge in [0, 0.05) is 13.1 Å². The van der Waals surface area contributed by atoms with Gasteiger partial charge < -0.3 is 9.64 Å². The predicted molar refractivity (Wildman–Crippen MR) is 74.5 cm³/mol. The van der Waals surface area contributed by atoms with E-state index in [1.807, 2.05) is 38.3 Å². The van der Waals surface area contributed by atoms with Gasteiger partial charge in [0.15, 0.2) is 0 Å². The van der Waals surface area contributed by atoms with Crippen molar-refractivity contribution in [1.82, 2.24) is 4.90 Å². The van der Waals surface area contributed by atoms with Crippen LogP contribution >= 0.6 is 11.3 Å². The maximum Gasteiger partial charge on any atom is 0.410 e. The SMILES string of the molecule is CC(C)(C)OC(=O)N1CCN(c2cccs2)C(=O)C1. The third-order valence-corrected chi connectivity index (χ3v) is 3.54. The molecule has 6 heteroatoms. The van der Waals surface area contributed by atoms with E-state index in [2.05, 4.69) is 0 Å². The average molecular weight is 282 g/mol. The fraction of sp³-hybridized carbons (Fsp3) is 0.538. The summed E-state index contributed by atoms with van der Waals surface area (Å²) >= 11 is 1.52. The van der Waals surface area contributed by atoms with Crippen LogP contribution in [0.5, 0.6) is 0 Å². The molecule has 0 aliphatic carbocycles. The van der Waals surface area contributed by atoms with Crippen LogP contribution < -0.4 is 4.90 Å². The lowest BCUT2D eigenvalue weighted by Crippen LogP contribution is -2.53. The molecule has 0 spiro atoms. The third-order valence-electron chi connectivity index (χ3n) is 2.64. The summed E-state index contributed by atoms with van der Waals surface area (Å²) in [6.07, 6.45) is -0.424. The number of nitrogens with zero attached hydrogens (tertiary/aromatic N) is 2. The van der Waals surface area contributed by atoms with Crippen LogP contribution in [0.2, 0.25) is 0 Å². The second-order valence-electron chi connectivity index (χ2n) is 5.40. The first-order chi connectivity index (χ1) is 8.87. The monoisotopic (exact) mass is 282 g/mol. The zero-order chi connectivity index (χ0) is 14.0. The van der Waals surface area contributed by atoms with Gasteiger partial charge in [0.25, 0.3) is 0 Å². The molecule has 0 atom stereocenters. The van der Waals surface area contributed by atoms with E-state index in [4.69, 9.17) is 4.74 Å². The molecule has 1 fully saturated rings. The number of thiophene rings is 1. The summed E-state index contributed by atoms with van der Waals surface area (Å²) in [6.45, 7) is 6.53. The van der Waals surface area contributed by atoms with Crippen LogP contribution in [0, 0.1) is 0 Å². The van der Waals surface area contributed by atoms with Gasteiger partial charge in [-0.25, -0.2) is 4.79 Å². The largest absolute Gasteiger partial charge is 0.444 e. The van der Waals surface area contributed by atoms with Gasteiger partial charge in [0.05, 0.1) is 5.00 Å². The van der Waals surface area contributed by atoms with Gasteiger partial charge in [-0.1, -0.05) is 0 Å². The normalized spacial score (nSPS) is 16.7. The lowest BCUT2D eigenvalue weighted by Gasteiger charge is -2.34. The van der Waals surface area contributed by atoms with E-state index >= 15 is 0 Å². The zero-order valence-corrected chi connectivity index (χ0v) is 12.2. The van der Waals surface area contributed by atoms with Crippen molar-refractivity contribution in [3.05, 3.63) is 17.5 Å². The highest BCUT2D eigenvalue weighted by Crippen LogP contribution is 2.23. The van der Waals surface area contributed by atoms with Crippen LogP contribution in [0.1, 0.15) is 20.8 Å². The molecule has 1 aliphatic rings. The van der Waals surface area contributed by atoms with Crippen LogP contribution in [-0.2, 0) is 9.53 Å². The Morgan fingerprint density at radius 2 is 2.11 bits per heavy atom. The Labute approximate surface area is 116 Å². The van der Waals surface area contributed by atoms with E-state index in [1.165, 1.54) is 16.2 Å². The smallest absolute Gasteiger partial charge is 0.410 e. The molecule has 2 rings (SSSR count). The number of rotatable bonds is 1. The molecule has 0 N–H and O–H groups in total. The molecule has 1 aromatic rings. The zero-order valence-electron chi connectivity index (χ0n) is 11.4. The average Bonchev–Trinajstić information content (AvgIpc) is 2.79. The first kappa shape index (κ1) is 13.9. The fourth-order valence-corrected chi connectivity index (χ4v) is 2.59. The molecule has 5 nitrogen and oxygen atoms in total. The Morgan fingerprint density at radius 1 is 1.37 bits per heavy atom. The van der Waals surface area contributed by atoms with E-state index < -0.39 is 11.7 Å². The number of amides is 2. The van der Waals surface area contributed by atoms with Crippen molar-refractivity contribution in [1.29, 1.82) is 0 Å². The number of piperazine rings is 1. The summed E-state index contributed by atoms with van der Waals surface area (Å²) in [4.78, 5) is 27.1. The van der Waals surface area contributed by atoms with Gasteiger partial charge in [0.2, 0.25) is 5.91 Å². The van der Waals surface area contributed by atoms with Crippen molar-refractivity contribution in [2.24, 2.45) is 0 Å². The lowest BCUT2D eigenvalue weighted by atomic mass is 10.2. The molecule has 1 saturated heterocycles. The van der Waals surface area contributed by atoms with Gasteiger partial charge >= 0.3 is 6.09 Å². The molecule has 2 amide bonds. The van der Waals surface area contributed by atoms with Gasteiger partial charge in [-0.2, -0.15) is 0 Å². The van der Waals surface area contributed by atoms with Crippen molar-refractivity contribution in [3.63, 3.8) is 0 Å². The minimum atomic E-state index is -0.537. The van der Waals surface area contributed by atoms with E-state index in [0.29, 0.717) is 13.1 Å². The molecular formula is C13H18N2O3S. The number of hydrogen-bond donors (Lipinski definition) is 0. The van der Waals surface area contributed by atoms with Crippen molar-refractivity contribution in [2.45, 2.75) is 26.4 Å². The Bertz CT molecular complexity index is 465. The van der Waals surface area contributed by atoms with E-state index in [0.717, 1.165) is 5.00 Å². The summed E-state index contributed by atoms with van der Waals surface area (Å²) in [5.74, 6) is -0.0699. The fourth-order valence-electron chi connectivity index (χ4n) is 1.81. The molecule has 0 bridgehead atoms. The Hall–Kier alpha value is -1.56. The molecule has 1 aliphatic heterocycles. The van der Waals surface area contributed by atoms with Gasteiger partial charge in [-0.3, -0.25) is 9.69 Å². The van der Waals surface area contributed by atoms with Crippen molar-refractivity contribution < 1.29 is 14.3 Å². The topological polar surface area (TPSA) is 49.9 Å². The van der Waals surface area contributed by atoms with E-state index in [1.54, 1.807) is 4.90 Å². The Kier molecular flexibility index (Phi) is 3.80. The van der Waals surface area contributed by atoms with Crippen LogP contribution in [0.25, 0.3) is 0 Å². The predicted octanol–water partition coefficient (Wildman–Crippen LogP) is 2.33. The first-order valence-electron chi connectivity index (χ1n) is 6.18. The van der Waals surface area contributed by atoms with Crippen LogP contribution in [-0.4, -0.2) is 42.1 Å². The number of carbonyl (C=O) groups excluding carboxylic acids is 2. The summed E-state index contributed by atoms with van der Waals surface area (Å²) in [6, 6.07) is 3.82. The number of hydrogen-bond acceptors (Lipinski definition) is 4. The summed E-state index contributed by atoms with van der Waals surface area (Å²) in [5.41, 5.74) is -0.537. The highest BCUT2D eigenvalue weighted by atomic mass is 32.1. The second kappa shape index (κ2) is 5.21. The quantitative estimate of drug-likeness (QED) is 0.794. The van der Waals surface area contributed by atoms with Crippen molar-refractivity contribution in [3.8, 4) is 0 Å². The standard InChI is InChI=1S/C13H18N2O3S/c1-13(2,3)18-12(17)14-6-7-15(10(16)9-14)11-5-4-8-19-11/h4-5,8H,6-7,9H2,1-3H3. The van der Waals surface area contributed by atoms with Crippen LogP contribution in [0.4, 0.5) is 9.80 Å². The molecule has 0 saturated carbocycles. The van der Waals surface area contributed by atoms with Crippen molar-refractivity contribution >= 4 is 28.3 Å². The van der Waals surface area contributed by atoms with Crippen LogP contribution in [0.3, 0.4) is 0 Å². The molecular weight excluding hydrogens is 264 g/mol. The Balaban J connectivity index is 1.97. The van der Waals surface area contributed by atoms with E-state index in [-0.39, 0.29) is 12.5 Å². The second-order valence-corrected chi connectivity index (χ2v) is 6.32. The first-order valence-corrected chi connectivity index (χ1v) is 7.06. The number of anilines is 1.